The summed E-state index contributed by atoms with van der Waals surface area (Å²) in [4.78, 5) is 32.8. The average Bonchev–Trinajstić information content (AvgIpc) is 2.36. The quantitative estimate of drug-likeness (QED) is 0.539. The third-order valence-electron chi connectivity index (χ3n) is 2.74. The first kappa shape index (κ1) is 16.4. The highest BCUT2D eigenvalue weighted by Gasteiger charge is 2.23. The molecule has 1 atom stereocenters. The number of rotatable bonds is 6. The summed E-state index contributed by atoms with van der Waals surface area (Å²) in [5, 5.41) is 31.4. The predicted molar refractivity (Wildman–Crippen MR) is 73.1 cm³/mol. The van der Waals surface area contributed by atoms with Crippen molar-refractivity contribution in [3.05, 3.63) is 33.9 Å². The molecule has 0 heterocycles. The van der Waals surface area contributed by atoms with Crippen molar-refractivity contribution in [2.45, 2.75) is 26.3 Å². The smallest absolute Gasteiger partial charge is 0.326 e. The molecule has 1 amide bonds. The molecule has 0 saturated heterocycles. The van der Waals surface area contributed by atoms with Gasteiger partial charge in [0.1, 0.15) is 6.04 Å². The number of aromatic hydroxyl groups is 1. The minimum Gasteiger partial charge on any atom is -0.502 e. The molecule has 0 aliphatic carbocycles. The van der Waals surface area contributed by atoms with Gasteiger partial charge in [0.15, 0.2) is 5.75 Å². The van der Waals surface area contributed by atoms with Crippen molar-refractivity contribution in [3.8, 4) is 5.75 Å². The largest absolute Gasteiger partial charge is 0.502 e. The number of phenols is 1. The number of nitrogens with one attached hydrogen (secondary N) is 1. The molecule has 3 N–H and O–H groups in total. The van der Waals surface area contributed by atoms with Crippen LogP contribution in [-0.2, 0) is 4.79 Å². The van der Waals surface area contributed by atoms with Gasteiger partial charge in [0, 0.05) is 11.6 Å². The molecule has 0 unspecified atom stereocenters. The van der Waals surface area contributed by atoms with E-state index in [1.54, 1.807) is 0 Å². The highest BCUT2D eigenvalue weighted by atomic mass is 16.6. The van der Waals surface area contributed by atoms with Gasteiger partial charge < -0.3 is 15.5 Å². The van der Waals surface area contributed by atoms with E-state index >= 15 is 0 Å². The van der Waals surface area contributed by atoms with Crippen molar-refractivity contribution in [2.24, 2.45) is 5.92 Å². The molecule has 8 nitrogen and oxygen atoms in total. The standard InChI is InChI=1S/C13H16N2O6/c1-7(2)5-9(13(18)19)14-12(17)8-3-4-10(15(20)21)11(16)6-8/h3-4,6-7,9,16H,5H2,1-2H3,(H,14,17)(H,18,19)/t9-/m0/s1. The Kier molecular flexibility index (Phi) is 5.23. The first-order valence-electron chi connectivity index (χ1n) is 6.23. The SMILES string of the molecule is CC(C)C[C@H](NC(=O)c1ccc([N+](=O)[O-])c(O)c1)C(=O)O. The molecule has 1 aromatic rings. The van der Waals surface area contributed by atoms with E-state index in [2.05, 4.69) is 5.32 Å². The van der Waals surface area contributed by atoms with Crippen LogP contribution < -0.4 is 5.32 Å². The van der Waals surface area contributed by atoms with Crippen LogP contribution in [0.4, 0.5) is 5.69 Å². The Morgan fingerprint density at radius 1 is 1.38 bits per heavy atom. The summed E-state index contributed by atoms with van der Waals surface area (Å²) >= 11 is 0. The van der Waals surface area contributed by atoms with Crippen LogP contribution in [0.1, 0.15) is 30.6 Å². The lowest BCUT2D eigenvalue weighted by atomic mass is 10.0. The van der Waals surface area contributed by atoms with Crippen LogP contribution in [0.3, 0.4) is 0 Å². The minimum atomic E-state index is -1.16. The summed E-state index contributed by atoms with van der Waals surface area (Å²) in [5.74, 6) is -2.46. The molecular formula is C13H16N2O6. The van der Waals surface area contributed by atoms with E-state index in [9.17, 15) is 24.8 Å². The lowest BCUT2D eigenvalue weighted by Gasteiger charge is -2.16. The Hall–Kier alpha value is -2.64. The van der Waals surface area contributed by atoms with Crippen LogP contribution in [0.25, 0.3) is 0 Å². The van der Waals surface area contributed by atoms with E-state index in [1.807, 2.05) is 13.8 Å². The zero-order valence-corrected chi connectivity index (χ0v) is 11.6. The van der Waals surface area contributed by atoms with Crippen molar-refractivity contribution in [2.75, 3.05) is 0 Å². The number of amides is 1. The van der Waals surface area contributed by atoms with E-state index in [0.717, 1.165) is 18.2 Å². The molecule has 0 fully saturated rings. The fourth-order valence-electron chi connectivity index (χ4n) is 1.75. The van der Waals surface area contributed by atoms with Crippen LogP contribution in [0.15, 0.2) is 18.2 Å². The molecule has 0 radical (unpaired) electrons. The summed E-state index contributed by atoms with van der Waals surface area (Å²) in [5.41, 5.74) is -0.573. The molecule has 0 aliphatic rings. The van der Waals surface area contributed by atoms with E-state index in [1.165, 1.54) is 0 Å². The number of hydrogen-bond donors (Lipinski definition) is 3. The zero-order valence-electron chi connectivity index (χ0n) is 11.6. The van der Waals surface area contributed by atoms with Gasteiger partial charge >= 0.3 is 11.7 Å². The summed E-state index contributed by atoms with van der Waals surface area (Å²) in [7, 11) is 0. The van der Waals surface area contributed by atoms with Crippen LogP contribution in [0.5, 0.6) is 5.75 Å². The first-order chi connectivity index (χ1) is 9.72. The number of carboxylic acid groups (broad SMARTS) is 1. The molecule has 0 aromatic heterocycles. The number of carbonyl (C=O) groups is 2. The second-order valence-corrected chi connectivity index (χ2v) is 4.95. The maximum atomic E-state index is 11.9. The Bertz CT molecular complexity index is 570. The summed E-state index contributed by atoms with van der Waals surface area (Å²) < 4.78 is 0. The van der Waals surface area contributed by atoms with Gasteiger partial charge in [-0.25, -0.2) is 4.79 Å². The van der Waals surface area contributed by atoms with Gasteiger partial charge in [0.05, 0.1) is 4.92 Å². The summed E-state index contributed by atoms with van der Waals surface area (Å²) in [6, 6.07) is 2.01. The maximum Gasteiger partial charge on any atom is 0.326 e. The molecule has 21 heavy (non-hydrogen) atoms. The van der Waals surface area contributed by atoms with Crippen molar-refractivity contribution in [1.82, 2.24) is 5.32 Å². The van der Waals surface area contributed by atoms with E-state index in [0.29, 0.717) is 0 Å². The van der Waals surface area contributed by atoms with Crippen LogP contribution in [0, 0.1) is 16.0 Å². The fourth-order valence-corrected chi connectivity index (χ4v) is 1.75. The lowest BCUT2D eigenvalue weighted by molar-refractivity contribution is -0.385. The topological polar surface area (TPSA) is 130 Å². The Morgan fingerprint density at radius 2 is 2.00 bits per heavy atom. The van der Waals surface area contributed by atoms with E-state index in [-0.39, 0.29) is 17.9 Å². The zero-order chi connectivity index (χ0) is 16.2. The van der Waals surface area contributed by atoms with Crippen LogP contribution in [-0.4, -0.2) is 33.1 Å². The van der Waals surface area contributed by atoms with Gasteiger partial charge in [0.2, 0.25) is 0 Å². The Labute approximate surface area is 120 Å². The number of carboxylic acids is 1. The molecule has 1 aromatic carbocycles. The number of nitro groups is 1. The van der Waals surface area contributed by atoms with E-state index in [4.69, 9.17) is 5.11 Å². The predicted octanol–water partition coefficient (Wildman–Crippen LogP) is 1.53. The normalized spacial score (nSPS) is 12.0. The molecule has 8 heteroatoms. The third-order valence-corrected chi connectivity index (χ3v) is 2.74. The number of phenolic OH excluding ortho intramolecular Hbond substituents is 1. The number of nitro benzene ring substituents is 1. The average molecular weight is 296 g/mol. The van der Waals surface area contributed by atoms with Crippen molar-refractivity contribution in [3.63, 3.8) is 0 Å². The number of carbonyl (C=O) groups excluding carboxylic acids is 1. The minimum absolute atomic E-state index is 0.0480. The Balaban J connectivity index is 2.90. The van der Waals surface area contributed by atoms with E-state index < -0.39 is 34.3 Å². The third kappa shape index (κ3) is 4.44. The van der Waals surface area contributed by atoms with Gasteiger partial charge in [-0.05, 0) is 24.5 Å². The number of hydrogen-bond acceptors (Lipinski definition) is 5. The molecule has 0 bridgehead atoms. The molecular weight excluding hydrogens is 280 g/mol. The second-order valence-electron chi connectivity index (χ2n) is 4.95. The molecule has 0 aliphatic heterocycles. The second kappa shape index (κ2) is 6.69. The highest BCUT2D eigenvalue weighted by Crippen LogP contribution is 2.26. The lowest BCUT2D eigenvalue weighted by Crippen LogP contribution is -2.41. The van der Waals surface area contributed by atoms with Gasteiger partial charge in [-0.15, -0.1) is 0 Å². The molecule has 1 rings (SSSR count). The molecule has 0 spiro atoms. The van der Waals surface area contributed by atoms with Crippen molar-refractivity contribution < 1.29 is 24.7 Å². The van der Waals surface area contributed by atoms with Gasteiger partial charge in [-0.3, -0.25) is 14.9 Å². The van der Waals surface area contributed by atoms with Crippen molar-refractivity contribution >= 4 is 17.6 Å². The van der Waals surface area contributed by atoms with Gasteiger partial charge in [-0.1, -0.05) is 13.8 Å². The fraction of sp³-hybridized carbons (Fsp3) is 0.385. The van der Waals surface area contributed by atoms with Gasteiger partial charge in [-0.2, -0.15) is 0 Å². The van der Waals surface area contributed by atoms with Gasteiger partial charge in [0.25, 0.3) is 5.91 Å². The highest BCUT2D eigenvalue weighted by molar-refractivity contribution is 5.97. The molecule has 0 saturated carbocycles. The van der Waals surface area contributed by atoms with Crippen molar-refractivity contribution in [1.29, 1.82) is 0 Å². The van der Waals surface area contributed by atoms with Crippen LogP contribution in [0.2, 0.25) is 0 Å². The summed E-state index contributed by atoms with van der Waals surface area (Å²) in [6.45, 7) is 3.64. The first-order valence-corrected chi connectivity index (χ1v) is 6.23. The number of aliphatic carboxylic acids is 1. The number of nitrogens with zero attached hydrogens (tertiary/aromatic N) is 1. The maximum absolute atomic E-state index is 11.9. The summed E-state index contributed by atoms with van der Waals surface area (Å²) in [6.07, 6.45) is 0.250. The monoisotopic (exact) mass is 296 g/mol. The van der Waals surface area contributed by atoms with Crippen LogP contribution >= 0.6 is 0 Å². The molecule has 114 valence electrons. The Morgan fingerprint density at radius 3 is 2.43 bits per heavy atom. The number of benzene rings is 1.